The first-order valence-corrected chi connectivity index (χ1v) is 6.98. The molecule has 0 aliphatic heterocycles. The quantitative estimate of drug-likeness (QED) is 0.732. The highest BCUT2D eigenvalue weighted by molar-refractivity contribution is 6.34. The molecule has 2 aromatic rings. The average Bonchev–Trinajstić information content (AvgIpc) is 2.48. The molecule has 0 atom stereocenters. The van der Waals surface area contributed by atoms with Gasteiger partial charge in [0.05, 0.1) is 16.1 Å². The summed E-state index contributed by atoms with van der Waals surface area (Å²) in [5.74, 6) is -1.19. The Hall–Kier alpha value is -2.37. The van der Waals surface area contributed by atoms with Crippen molar-refractivity contribution in [2.45, 2.75) is 6.42 Å². The summed E-state index contributed by atoms with van der Waals surface area (Å²) >= 11 is 5.94. The molecule has 0 aliphatic rings. The van der Waals surface area contributed by atoms with Crippen LogP contribution in [0.5, 0.6) is 5.75 Å². The van der Waals surface area contributed by atoms with Crippen LogP contribution in [0.3, 0.4) is 0 Å². The number of hydrogen-bond acceptors (Lipinski definition) is 4. The van der Waals surface area contributed by atoms with Gasteiger partial charge in [-0.2, -0.15) is 0 Å². The Balaban J connectivity index is 2.41. The molecule has 0 unspecified atom stereocenters. The number of phenols is 1. The highest BCUT2D eigenvalue weighted by Crippen LogP contribution is 2.25. The molecule has 0 saturated heterocycles. The van der Waals surface area contributed by atoms with Gasteiger partial charge in [-0.3, -0.25) is 9.59 Å². The first-order chi connectivity index (χ1) is 10.4. The van der Waals surface area contributed by atoms with E-state index in [-0.39, 0.29) is 27.5 Å². The minimum absolute atomic E-state index is 0.0935. The van der Waals surface area contributed by atoms with E-state index in [2.05, 4.69) is 0 Å². The summed E-state index contributed by atoms with van der Waals surface area (Å²) in [5, 5.41) is 9.98. The van der Waals surface area contributed by atoms with Gasteiger partial charge in [-0.25, -0.2) is 0 Å². The molecule has 114 valence electrons. The third-order valence-electron chi connectivity index (χ3n) is 3.24. The van der Waals surface area contributed by atoms with E-state index >= 15 is 0 Å². The lowest BCUT2D eigenvalue weighted by Gasteiger charge is -2.08. The Morgan fingerprint density at radius 1 is 1.09 bits per heavy atom. The molecule has 6 heteroatoms. The molecule has 0 aromatic heterocycles. The highest BCUT2D eigenvalue weighted by atomic mass is 35.5. The van der Waals surface area contributed by atoms with Crippen LogP contribution >= 0.6 is 11.6 Å². The molecule has 0 aliphatic carbocycles. The van der Waals surface area contributed by atoms with Crippen molar-refractivity contribution in [3.8, 4) is 5.75 Å². The third-order valence-corrected chi connectivity index (χ3v) is 3.55. The van der Waals surface area contributed by atoms with Crippen molar-refractivity contribution in [3.63, 3.8) is 0 Å². The number of hydrogen-bond donors (Lipinski definition) is 3. The normalized spacial score (nSPS) is 10.5. The van der Waals surface area contributed by atoms with Crippen molar-refractivity contribution >= 4 is 23.3 Å². The maximum absolute atomic E-state index is 12.5. The van der Waals surface area contributed by atoms with Crippen molar-refractivity contribution < 1.29 is 14.7 Å². The third kappa shape index (κ3) is 3.27. The van der Waals surface area contributed by atoms with Gasteiger partial charge in [0.2, 0.25) is 5.91 Å². The average molecular weight is 319 g/mol. The fourth-order valence-corrected chi connectivity index (χ4v) is 2.37. The molecule has 0 heterocycles. The van der Waals surface area contributed by atoms with Crippen LogP contribution in [0.1, 0.15) is 31.8 Å². The molecular formula is C16H15ClN2O3. The zero-order chi connectivity index (χ0) is 16.3. The second-order valence-corrected chi connectivity index (χ2v) is 5.19. The van der Waals surface area contributed by atoms with E-state index in [1.54, 1.807) is 12.1 Å². The van der Waals surface area contributed by atoms with Crippen LogP contribution in [0, 0.1) is 0 Å². The maximum atomic E-state index is 12.5. The number of halogens is 1. The van der Waals surface area contributed by atoms with Crippen molar-refractivity contribution in [3.05, 3.63) is 63.7 Å². The van der Waals surface area contributed by atoms with Crippen molar-refractivity contribution in [2.75, 3.05) is 6.54 Å². The van der Waals surface area contributed by atoms with Gasteiger partial charge in [-0.15, -0.1) is 0 Å². The number of carbonyl (C=O) groups excluding carboxylic acids is 2. The minimum Gasteiger partial charge on any atom is -0.507 e. The Morgan fingerprint density at radius 3 is 2.41 bits per heavy atom. The van der Waals surface area contributed by atoms with Crippen LogP contribution in [-0.2, 0) is 6.42 Å². The van der Waals surface area contributed by atoms with Gasteiger partial charge in [0.15, 0.2) is 5.78 Å². The number of primary amides is 1. The monoisotopic (exact) mass is 318 g/mol. The maximum Gasteiger partial charge on any atom is 0.250 e. The van der Waals surface area contributed by atoms with Crippen LogP contribution in [0.15, 0.2) is 36.4 Å². The first-order valence-electron chi connectivity index (χ1n) is 6.60. The number of benzene rings is 2. The molecule has 0 saturated carbocycles. The number of phenolic OH excluding ortho intramolecular Hbond substituents is 1. The second kappa shape index (κ2) is 6.60. The summed E-state index contributed by atoms with van der Waals surface area (Å²) in [6.45, 7) is 0.442. The van der Waals surface area contributed by atoms with Gasteiger partial charge in [-0.05, 0) is 42.8 Å². The molecule has 5 N–H and O–H groups in total. The summed E-state index contributed by atoms with van der Waals surface area (Å²) in [6.07, 6.45) is 0.599. The van der Waals surface area contributed by atoms with Crippen LogP contribution in [0.25, 0.3) is 0 Å². The molecule has 5 nitrogen and oxygen atoms in total. The van der Waals surface area contributed by atoms with Crippen molar-refractivity contribution in [1.29, 1.82) is 0 Å². The van der Waals surface area contributed by atoms with Crippen molar-refractivity contribution in [1.82, 2.24) is 0 Å². The van der Waals surface area contributed by atoms with E-state index in [0.29, 0.717) is 13.0 Å². The smallest absolute Gasteiger partial charge is 0.250 e. The topological polar surface area (TPSA) is 106 Å². The molecule has 0 spiro atoms. The Morgan fingerprint density at radius 2 is 1.82 bits per heavy atom. The van der Waals surface area contributed by atoms with E-state index in [4.69, 9.17) is 23.1 Å². The van der Waals surface area contributed by atoms with E-state index in [1.807, 2.05) is 0 Å². The molecule has 2 aromatic carbocycles. The fraction of sp³-hybridized carbons (Fsp3) is 0.125. The van der Waals surface area contributed by atoms with Gasteiger partial charge in [0.25, 0.3) is 0 Å². The van der Waals surface area contributed by atoms with Gasteiger partial charge in [0.1, 0.15) is 5.75 Å². The van der Waals surface area contributed by atoms with Crippen LogP contribution in [0.4, 0.5) is 0 Å². The summed E-state index contributed by atoms with van der Waals surface area (Å²) < 4.78 is 0. The van der Waals surface area contributed by atoms with Gasteiger partial charge in [0, 0.05) is 5.56 Å². The molecule has 0 fully saturated rings. The van der Waals surface area contributed by atoms with Gasteiger partial charge >= 0.3 is 0 Å². The Kier molecular flexibility index (Phi) is 4.80. The first kappa shape index (κ1) is 16.0. The van der Waals surface area contributed by atoms with E-state index in [1.165, 1.54) is 24.3 Å². The predicted molar refractivity (Wildman–Crippen MR) is 84.3 cm³/mol. The van der Waals surface area contributed by atoms with Gasteiger partial charge < -0.3 is 16.6 Å². The number of nitrogens with two attached hydrogens (primary N) is 2. The Labute approximate surface area is 132 Å². The Bertz CT molecular complexity index is 744. The van der Waals surface area contributed by atoms with E-state index in [9.17, 15) is 14.7 Å². The lowest BCUT2D eigenvalue weighted by Crippen LogP contribution is -2.12. The summed E-state index contributed by atoms with van der Waals surface area (Å²) in [7, 11) is 0. The van der Waals surface area contributed by atoms with Crippen LogP contribution in [0.2, 0.25) is 5.02 Å². The second-order valence-electron chi connectivity index (χ2n) is 4.78. The van der Waals surface area contributed by atoms with Crippen molar-refractivity contribution in [2.24, 2.45) is 11.5 Å². The standard InChI is InChI=1S/C16H15ClN2O3/c17-13-8-10(2-3-11(13)16(19)22)15(21)12-7-9(5-6-18)1-4-14(12)20/h1-4,7-8,20H,5-6,18H2,(H2,19,22). The van der Waals surface area contributed by atoms with Gasteiger partial charge in [-0.1, -0.05) is 23.7 Å². The zero-order valence-electron chi connectivity index (χ0n) is 11.7. The largest absolute Gasteiger partial charge is 0.507 e. The highest BCUT2D eigenvalue weighted by Gasteiger charge is 2.16. The molecule has 22 heavy (non-hydrogen) atoms. The van der Waals surface area contributed by atoms with E-state index < -0.39 is 11.7 Å². The number of carbonyl (C=O) groups is 2. The zero-order valence-corrected chi connectivity index (χ0v) is 12.4. The van der Waals surface area contributed by atoms with E-state index in [0.717, 1.165) is 5.56 Å². The number of aromatic hydroxyl groups is 1. The lowest BCUT2D eigenvalue weighted by molar-refractivity contribution is 0.0996. The SMILES string of the molecule is NCCc1ccc(O)c(C(=O)c2ccc(C(N)=O)c(Cl)c2)c1. The molecule has 0 bridgehead atoms. The molecule has 0 radical (unpaired) electrons. The summed E-state index contributed by atoms with van der Waals surface area (Å²) in [4.78, 5) is 23.6. The molecule has 2 rings (SSSR count). The number of ketones is 1. The number of rotatable bonds is 5. The van der Waals surface area contributed by atoms with Crippen LogP contribution < -0.4 is 11.5 Å². The summed E-state index contributed by atoms with van der Waals surface area (Å²) in [5.41, 5.74) is 12.1. The summed E-state index contributed by atoms with van der Waals surface area (Å²) in [6, 6.07) is 8.96. The minimum atomic E-state index is -0.670. The fourth-order valence-electron chi connectivity index (χ4n) is 2.10. The molecular weight excluding hydrogens is 304 g/mol. The predicted octanol–water partition coefficient (Wildman–Crippen LogP) is 1.88. The molecule has 1 amide bonds. The number of amides is 1. The lowest BCUT2D eigenvalue weighted by atomic mass is 9.98. The van der Waals surface area contributed by atoms with Crippen LogP contribution in [-0.4, -0.2) is 23.3 Å².